The summed E-state index contributed by atoms with van der Waals surface area (Å²) in [7, 11) is 0. The Hall–Kier alpha value is -2.23. The molecule has 0 radical (unpaired) electrons. The highest BCUT2D eigenvalue weighted by molar-refractivity contribution is 5.81. The summed E-state index contributed by atoms with van der Waals surface area (Å²) < 4.78 is 0. The summed E-state index contributed by atoms with van der Waals surface area (Å²) in [5.41, 5.74) is 3.37. The Morgan fingerprint density at radius 1 is 1.16 bits per heavy atom. The molecule has 2 aromatic rings. The lowest BCUT2D eigenvalue weighted by Gasteiger charge is -2.16. The number of nitrogens with zero attached hydrogens (tertiary/aromatic N) is 3. The minimum Gasteiger partial charge on any atom is -0.355 e. The molecule has 0 bridgehead atoms. The Bertz CT molecular complexity index is 707. The van der Waals surface area contributed by atoms with Crippen molar-refractivity contribution in [3.05, 3.63) is 53.2 Å². The predicted molar refractivity (Wildman–Crippen MR) is 101 cm³/mol. The van der Waals surface area contributed by atoms with Crippen molar-refractivity contribution in [3.8, 4) is 0 Å². The van der Waals surface area contributed by atoms with E-state index in [1.54, 1.807) is 0 Å². The molecule has 0 unspecified atom stereocenters. The zero-order valence-electron chi connectivity index (χ0n) is 15.4. The topological polar surface area (TPSA) is 46.1 Å². The van der Waals surface area contributed by atoms with E-state index < -0.39 is 0 Å². The maximum Gasteiger partial charge on any atom is 0.151 e. The zero-order chi connectivity index (χ0) is 17.8. The van der Waals surface area contributed by atoms with Crippen molar-refractivity contribution in [1.29, 1.82) is 0 Å². The molecule has 0 aliphatic carbocycles. The molecule has 1 saturated heterocycles. The number of anilines is 1. The van der Waals surface area contributed by atoms with Crippen LogP contribution in [0.1, 0.15) is 49.4 Å². The number of aryl methyl sites for hydroxylation is 1. The molecule has 4 nitrogen and oxygen atoms in total. The molecule has 1 aromatic carbocycles. The highest BCUT2D eigenvalue weighted by Crippen LogP contribution is 2.25. The summed E-state index contributed by atoms with van der Waals surface area (Å²) in [6, 6.07) is 12.5. The number of aromatic nitrogens is 2. The Morgan fingerprint density at radius 3 is 2.56 bits per heavy atom. The molecular weight excluding hydrogens is 310 g/mol. The molecule has 1 fully saturated rings. The van der Waals surface area contributed by atoms with Gasteiger partial charge < -0.3 is 4.90 Å². The van der Waals surface area contributed by atoms with E-state index in [-0.39, 0.29) is 0 Å². The molecule has 4 heteroatoms. The van der Waals surface area contributed by atoms with Gasteiger partial charge in [-0.25, -0.2) is 0 Å². The largest absolute Gasteiger partial charge is 0.355 e. The monoisotopic (exact) mass is 337 g/mol. The second kappa shape index (κ2) is 7.77. The Morgan fingerprint density at radius 2 is 1.92 bits per heavy atom. The summed E-state index contributed by atoms with van der Waals surface area (Å²) in [4.78, 5) is 14.7. The summed E-state index contributed by atoms with van der Waals surface area (Å²) in [6.07, 6.45) is 2.24. The van der Waals surface area contributed by atoms with Crippen molar-refractivity contribution in [3.63, 3.8) is 0 Å². The third-order valence-corrected chi connectivity index (χ3v) is 4.96. The maximum atomic E-state index is 12.4. The normalized spacial score (nSPS) is 17.3. The van der Waals surface area contributed by atoms with Crippen LogP contribution >= 0.6 is 0 Å². The van der Waals surface area contributed by atoms with Gasteiger partial charge in [-0.2, -0.15) is 5.10 Å². The van der Waals surface area contributed by atoms with Gasteiger partial charge in [0.05, 0.1) is 5.69 Å². The van der Waals surface area contributed by atoms with Gasteiger partial charge in [0.15, 0.2) is 5.82 Å². The van der Waals surface area contributed by atoms with Crippen molar-refractivity contribution in [2.75, 3.05) is 18.0 Å². The SMILES string of the molecule is Cc1ccc(N2CC[C@H](CC(=O)Cc3ccc(C(C)C)cc3)C2)nn1. The van der Waals surface area contributed by atoms with E-state index in [0.717, 1.165) is 36.6 Å². The first-order valence-electron chi connectivity index (χ1n) is 9.17. The Kier molecular flexibility index (Phi) is 5.47. The molecule has 132 valence electrons. The summed E-state index contributed by atoms with van der Waals surface area (Å²) in [5.74, 6) is 2.20. The van der Waals surface area contributed by atoms with E-state index in [1.165, 1.54) is 5.56 Å². The van der Waals surface area contributed by atoms with Crippen molar-refractivity contribution in [1.82, 2.24) is 10.2 Å². The van der Waals surface area contributed by atoms with E-state index in [4.69, 9.17) is 0 Å². The van der Waals surface area contributed by atoms with Crippen LogP contribution in [0.5, 0.6) is 0 Å². The zero-order valence-corrected chi connectivity index (χ0v) is 15.4. The van der Waals surface area contributed by atoms with Gasteiger partial charge in [-0.05, 0) is 48.4 Å². The van der Waals surface area contributed by atoms with Crippen LogP contribution in [0.3, 0.4) is 0 Å². The van der Waals surface area contributed by atoms with Crippen molar-refractivity contribution < 1.29 is 4.79 Å². The third kappa shape index (κ3) is 4.65. The van der Waals surface area contributed by atoms with Crippen LogP contribution < -0.4 is 4.90 Å². The van der Waals surface area contributed by atoms with E-state index in [2.05, 4.69) is 53.2 Å². The number of rotatable bonds is 6. The number of ketones is 1. The highest BCUT2D eigenvalue weighted by Gasteiger charge is 2.25. The quantitative estimate of drug-likeness (QED) is 0.801. The molecule has 0 spiro atoms. The molecule has 1 atom stereocenters. The van der Waals surface area contributed by atoms with E-state index in [1.807, 2.05) is 19.1 Å². The molecule has 0 N–H and O–H groups in total. The molecule has 0 amide bonds. The number of hydrogen-bond acceptors (Lipinski definition) is 4. The first-order chi connectivity index (χ1) is 12.0. The van der Waals surface area contributed by atoms with E-state index >= 15 is 0 Å². The van der Waals surface area contributed by atoms with Crippen LogP contribution in [0.2, 0.25) is 0 Å². The summed E-state index contributed by atoms with van der Waals surface area (Å²) in [6.45, 7) is 8.17. The molecule has 1 aliphatic heterocycles. The lowest BCUT2D eigenvalue weighted by atomic mass is 9.96. The third-order valence-electron chi connectivity index (χ3n) is 4.96. The van der Waals surface area contributed by atoms with Gasteiger partial charge in [0, 0.05) is 25.9 Å². The second-order valence-electron chi connectivity index (χ2n) is 7.45. The van der Waals surface area contributed by atoms with E-state index in [9.17, 15) is 4.79 Å². The van der Waals surface area contributed by atoms with Gasteiger partial charge in [-0.1, -0.05) is 38.1 Å². The highest BCUT2D eigenvalue weighted by atomic mass is 16.1. The van der Waals surface area contributed by atoms with Crippen molar-refractivity contribution >= 4 is 11.6 Å². The first-order valence-corrected chi connectivity index (χ1v) is 9.17. The number of carbonyl (C=O) groups excluding carboxylic acids is 1. The Balaban J connectivity index is 1.51. The van der Waals surface area contributed by atoms with Gasteiger partial charge in [0.25, 0.3) is 0 Å². The van der Waals surface area contributed by atoms with Gasteiger partial charge in [-0.3, -0.25) is 4.79 Å². The second-order valence-corrected chi connectivity index (χ2v) is 7.45. The van der Waals surface area contributed by atoms with Gasteiger partial charge >= 0.3 is 0 Å². The lowest BCUT2D eigenvalue weighted by Crippen LogP contribution is -2.22. The minimum absolute atomic E-state index is 0.333. The fourth-order valence-corrected chi connectivity index (χ4v) is 3.41. The van der Waals surface area contributed by atoms with Crippen molar-refractivity contribution in [2.24, 2.45) is 5.92 Å². The standard InChI is InChI=1S/C21H27N3O/c1-15(2)19-7-5-17(6-8-19)12-20(25)13-18-10-11-24(14-18)21-9-4-16(3)22-23-21/h4-9,15,18H,10-14H2,1-3H3/t18-/m1/s1. The number of Topliss-reactive ketones (excluding diaryl/α,β-unsaturated/α-hetero) is 1. The maximum absolute atomic E-state index is 12.4. The number of carbonyl (C=O) groups is 1. The van der Waals surface area contributed by atoms with Crippen LogP contribution in [-0.2, 0) is 11.2 Å². The van der Waals surface area contributed by atoms with Gasteiger partial charge in [0.1, 0.15) is 5.78 Å². The van der Waals surface area contributed by atoms with Gasteiger partial charge in [0.2, 0.25) is 0 Å². The average molecular weight is 337 g/mol. The minimum atomic E-state index is 0.333. The van der Waals surface area contributed by atoms with Crippen LogP contribution in [-0.4, -0.2) is 29.1 Å². The van der Waals surface area contributed by atoms with E-state index in [0.29, 0.717) is 30.5 Å². The number of benzene rings is 1. The van der Waals surface area contributed by atoms with Crippen molar-refractivity contribution in [2.45, 2.75) is 46.0 Å². The van der Waals surface area contributed by atoms with Crippen LogP contribution in [0.15, 0.2) is 36.4 Å². The predicted octanol–water partition coefficient (Wildman–Crippen LogP) is 3.94. The molecular formula is C21H27N3O. The fourth-order valence-electron chi connectivity index (χ4n) is 3.41. The van der Waals surface area contributed by atoms with Crippen LogP contribution in [0.4, 0.5) is 5.82 Å². The van der Waals surface area contributed by atoms with Gasteiger partial charge in [-0.15, -0.1) is 5.10 Å². The fraction of sp³-hybridized carbons (Fsp3) is 0.476. The smallest absolute Gasteiger partial charge is 0.151 e. The molecule has 2 heterocycles. The first kappa shape index (κ1) is 17.6. The van der Waals surface area contributed by atoms with Crippen LogP contribution in [0.25, 0.3) is 0 Å². The molecule has 3 rings (SSSR count). The summed E-state index contributed by atoms with van der Waals surface area (Å²) >= 11 is 0. The number of hydrogen-bond donors (Lipinski definition) is 0. The lowest BCUT2D eigenvalue weighted by molar-refractivity contribution is -0.119. The Labute approximate surface area is 150 Å². The molecule has 1 aliphatic rings. The molecule has 0 saturated carbocycles. The molecule has 1 aromatic heterocycles. The molecule has 25 heavy (non-hydrogen) atoms. The summed E-state index contributed by atoms with van der Waals surface area (Å²) in [5, 5.41) is 8.38. The average Bonchev–Trinajstić information content (AvgIpc) is 3.04. The van der Waals surface area contributed by atoms with Crippen LogP contribution in [0, 0.1) is 12.8 Å².